The highest BCUT2D eigenvalue weighted by molar-refractivity contribution is 5.92. The summed E-state index contributed by atoms with van der Waals surface area (Å²) in [6.45, 7) is 5.40. The standard InChI is InChI=1S/C17H22N4O2/c1-12-6-4-5-7-14(12)11-19-16-10-15(20-13(2)21-16)17(22)18-8-9-23-3/h4-7,10H,8-9,11H2,1-3H3,(H,18,22)(H,19,20,21). The summed E-state index contributed by atoms with van der Waals surface area (Å²) >= 11 is 0. The predicted molar refractivity (Wildman–Crippen MR) is 89.5 cm³/mol. The zero-order chi connectivity index (χ0) is 16.7. The third kappa shape index (κ3) is 5.03. The molecule has 2 N–H and O–H groups in total. The summed E-state index contributed by atoms with van der Waals surface area (Å²) in [6.07, 6.45) is 0. The van der Waals surface area contributed by atoms with Gasteiger partial charge >= 0.3 is 0 Å². The lowest BCUT2D eigenvalue weighted by Gasteiger charge is -2.10. The van der Waals surface area contributed by atoms with E-state index in [1.807, 2.05) is 12.1 Å². The van der Waals surface area contributed by atoms with E-state index < -0.39 is 0 Å². The molecule has 0 bridgehead atoms. The zero-order valence-electron chi connectivity index (χ0n) is 13.7. The Morgan fingerprint density at radius 1 is 1.22 bits per heavy atom. The maximum Gasteiger partial charge on any atom is 0.270 e. The van der Waals surface area contributed by atoms with Gasteiger partial charge in [0.2, 0.25) is 0 Å². The first kappa shape index (κ1) is 16.9. The van der Waals surface area contributed by atoms with Crippen molar-refractivity contribution < 1.29 is 9.53 Å². The molecule has 0 aliphatic heterocycles. The van der Waals surface area contributed by atoms with Crippen molar-refractivity contribution in [3.8, 4) is 0 Å². The third-order valence-corrected chi connectivity index (χ3v) is 3.38. The molecule has 0 aliphatic rings. The molecule has 1 heterocycles. The van der Waals surface area contributed by atoms with Gasteiger partial charge in [0.05, 0.1) is 6.61 Å². The van der Waals surface area contributed by atoms with E-state index >= 15 is 0 Å². The Labute approximate surface area is 136 Å². The molecule has 6 nitrogen and oxygen atoms in total. The lowest BCUT2D eigenvalue weighted by molar-refractivity contribution is 0.0932. The van der Waals surface area contributed by atoms with Gasteiger partial charge in [-0.05, 0) is 25.0 Å². The van der Waals surface area contributed by atoms with Gasteiger partial charge in [-0.2, -0.15) is 0 Å². The zero-order valence-corrected chi connectivity index (χ0v) is 13.7. The number of nitrogens with one attached hydrogen (secondary N) is 2. The van der Waals surface area contributed by atoms with Gasteiger partial charge in [0.1, 0.15) is 17.3 Å². The fourth-order valence-electron chi connectivity index (χ4n) is 2.13. The predicted octanol–water partition coefficient (Wildman–Crippen LogP) is 2.08. The number of ether oxygens (including phenoxy) is 1. The van der Waals surface area contributed by atoms with Crippen molar-refractivity contribution in [2.45, 2.75) is 20.4 Å². The first-order chi connectivity index (χ1) is 11.1. The van der Waals surface area contributed by atoms with Crippen LogP contribution in [0.2, 0.25) is 0 Å². The van der Waals surface area contributed by atoms with E-state index in [9.17, 15) is 4.79 Å². The summed E-state index contributed by atoms with van der Waals surface area (Å²) in [5.74, 6) is 0.959. The average Bonchev–Trinajstić information content (AvgIpc) is 2.54. The first-order valence-corrected chi connectivity index (χ1v) is 7.51. The number of carbonyl (C=O) groups is 1. The minimum Gasteiger partial charge on any atom is -0.383 e. The second-order valence-electron chi connectivity index (χ2n) is 5.21. The second-order valence-corrected chi connectivity index (χ2v) is 5.21. The van der Waals surface area contributed by atoms with Crippen LogP contribution < -0.4 is 10.6 Å². The number of aromatic nitrogens is 2. The van der Waals surface area contributed by atoms with Crippen molar-refractivity contribution in [3.05, 3.63) is 53.0 Å². The Kier molecular flexibility index (Phi) is 6.05. The summed E-state index contributed by atoms with van der Waals surface area (Å²) in [7, 11) is 1.59. The summed E-state index contributed by atoms with van der Waals surface area (Å²) in [5.41, 5.74) is 2.75. The van der Waals surface area contributed by atoms with Gasteiger partial charge in [0.15, 0.2) is 0 Å². The van der Waals surface area contributed by atoms with E-state index in [0.29, 0.717) is 37.0 Å². The van der Waals surface area contributed by atoms with E-state index in [1.54, 1.807) is 20.1 Å². The quantitative estimate of drug-likeness (QED) is 0.765. The minimum absolute atomic E-state index is 0.230. The summed E-state index contributed by atoms with van der Waals surface area (Å²) < 4.78 is 4.91. The lowest BCUT2D eigenvalue weighted by atomic mass is 10.1. The smallest absolute Gasteiger partial charge is 0.270 e. The van der Waals surface area contributed by atoms with Gasteiger partial charge in [-0.3, -0.25) is 4.79 Å². The van der Waals surface area contributed by atoms with Crippen LogP contribution in [0.5, 0.6) is 0 Å². The molecule has 0 unspecified atom stereocenters. The number of anilines is 1. The van der Waals surface area contributed by atoms with Crippen LogP contribution in [0, 0.1) is 13.8 Å². The van der Waals surface area contributed by atoms with Crippen LogP contribution in [0.1, 0.15) is 27.4 Å². The number of rotatable bonds is 7. The Morgan fingerprint density at radius 2 is 2.00 bits per heavy atom. The monoisotopic (exact) mass is 314 g/mol. The Bertz CT molecular complexity index is 673. The summed E-state index contributed by atoms with van der Waals surface area (Å²) in [5, 5.41) is 6.00. The van der Waals surface area contributed by atoms with Gasteiger partial charge < -0.3 is 15.4 Å². The molecule has 23 heavy (non-hydrogen) atoms. The fourth-order valence-corrected chi connectivity index (χ4v) is 2.13. The molecule has 122 valence electrons. The summed E-state index contributed by atoms with van der Waals surface area (Å²) in [6, 6.07) is 9.80. The van der Waals surface area contributed by atoms with E-state index in [-0.39, 0.29) is 5.91 Å². The highest BCUT2D eigenvalue weighted by Crippen LogP contribution is 2.11. The molecule has 0 aliphatic carbocycles. The number of hydrogen-bond donors (Lipinski definition) is 2. The number of carbonyl (C=O) groups excluding carboxylic acids is 1. The van der Waals surface area contributed by atoms with Gasteiger partial charge in [0, 0.05) is 26.3 Å². The summed E-state index contributed by atoms with van der Waals surface area (Å²) in [4.78, 5) is 20.6. The molecule has 1 aromatic carbocycles. The van der Waals surface area contributed by atoms with Crippen molar-refractivity contribution in [1.82, 2.24) is 15.3 Å². The Morgan fingerprint density at radius 3 is 2.74 bits per heavy atom. The highest BCUT2D eigenvalue weighted by atomic mass is 16.5. The number of aryl methyl sites for hydroxylation is 2. The van der Waals surface area contributed by atoms with Crippen molar-refractivity contribution >= 4 is 11.7 Å². The van der Waals surface area contributed by atoms with E-state index in [4.69, 9.17) is 4.74 Å². The SMILES string of the molecule is COCCNC(=O)c1cc(NCc2ccccc2C)nc(C)n1. The van der Waals surface area contributed by atoms with Crippen molar-refractivity contribution in [2.75, 3.05) is 25.6 Å². The minimum atomic E-state index is -0.230. The van der Waals surface area contributed by atoms with E-state index in [2.05, 4.69) is 39.7 Å². The number of nitrogens with zero attached hydrogens (tertiary/aromatic N) is 2. The largest absolute Gasteiger partial charge is 0.383 e. The number of methoxy groups -OCH3 is 1. The molecule has 2 aromatic rings. The normalized spacial score (nSPS) is 10.4. The molecule has 6 heteroatoms. The van der Waals surface area contributed by atoms with Crippen molar-refractivity contribution in [2.24, 2.45) is 0 Å². The Balaban J connectivity index is 2.05. The second kappa shape index (κ2) is 8.24. The van der Waals surface area contributed by atoms with Crippen LogP contribution in [0.15, 0.2) is 30.3 Å². The number of benzene rings is 1. The fraction of sp³-hybridized carbons (Fsp3) is 0.353. The topological polar surface area (TPSA) is 76.1 Å². The van der Waals surface area contributed by atoms with Crippen LogP contribution in [0.4, 0.5) is 5.82 Å². The third-order valence-electron chi connectivity index (χ3n) is 3.38. The van der Waals surface area contributed by atoms with Gasteiger partial charge in [-0.25, -0.2) is 9.97 Å². The molecule has 0 radical (unpaired) electrons. The Hall–Kier alpha value is -2.47. The molecule has 2 rings (SSSR count). The van der Waals surface area contributed by atoms with Crippen LogP contribution in [0.25, 0.3) is 0 Å². The van der Waals surface area contributed by atoms with Gasteiger partial charge in [-0.15, -0.1) is 0 Å². The lowest BCUT2D eigenvalue weighted by Crippen LogP contribution is -2.28. The van der Waals surface area contributed by atoms with Gasteiger partial charge in [-0.1, -0.05) is 24.3 Å². The van der Waals surface area contributed by atoms with Gasteiger partial charge in [0.25, 0.3) is 5.91 Å². The van der Waals surface area contributed by atoms with Crippen LogP contribution in [0.3, 0.4) is 0 Å². The molecule has 0 atom stereocenters. The maximum atomic E-state index is 12.1. The molecule has 1 amide bonds. The number of hydrogen-bond acceptors (Lipinski definition) is 5. The van der Waals surface area contributed by atoms with Crippen LogP contribution in [-0.4, -0.2) is 36.1 Å². The van der Waals surface area contributed by atoms with Crippen LogP contribution in [-0.2, 0) is 11.3 Å². The molecular formula is C17H22N4O2. The average molecular weight is 314 g/mol. The molecule has 0 fully saturated rings. The van der Waals surface area contributed by atoms with Crippen molar-refractivity contribution in [3.63, 3.8) is 0 Å². The first-order valence-electron chi connectivity index (χ1n) is 7.51. The molecule has 1 aromatic heterocycles. The molecular weight excluding hydrogens is 292 g/mol. The number of amides is 1. The molecule has 0 saturated heterocycles. The van der Waals surface area contributed by atoms with Crippen molar-refractivity contribution in [1.29, 1.82) is 0 Å². The highest BCUT2D eigenvalue weighted by Gasteiger charge is 2.10. The van der Waals surface area contributed by atoms with E-state index in [1.165, 1.54) is 11.1 Å². The maximum absolute atomic E-state index is 12.1. The molecule has 0 saturated carbocycles. The van der Waals surface area contributed by atoms with E-state index in [0.717, 1.165) is 0 Å². The van der Waals surface area contributed by atoms with Crippen LogP contribution >= 0.6 is 0 Å². The molecule has 0 spiro atoms.